The van der Waals surface area contributed by atoms with Crippen LogP contribution in [0.5, 0.6) is 0 Å². The number of hydrogen-bond donors (Lipinski definition) is 2. The average Bonchev–Trinajstić information content (AvgIpc) is 2.54. The van der Waals surface area contributed by atoms with Gasteiger partial charge in [0.2, 0.25) is 5.91 Å². The summed E-state index contributed by atoms with van der Waals surface area (Å²) in [6.07, 6.45) is 1.06. The van der Waals surface area contributed by atoms with E-state index in [0.29, 0.717) is 18.2 Å². The third-order valence-corrected chi connectivity index (χ3v) is 3.08. The summed E-state index contributed by atoms with van der Waals surface area (Å²) in [5.74, 6) is 0.486. The van der Waals surface area contributed by atoms with Crippen LogP contribution in [0.3, 0.4) is 0 Å². The molecule has 0 aliphatic heterocycles. The van der Waals surface area contributed by atoms with Crippen LogP contribution in [0.1, 0.15) is 31.7 Å². The number of aryl methyl sites for hydroxylation is 1. The summed E-state index contributed by atoms with van der Waals surface area (Å²) < 4.78 is 1.65. The number of carbonyl (C=O) groups is 1. The van der Waals surface area contributed by atoms with Gasteiger partial charge in [-0.25, -0.2) is 0 Å². The molecule has 1 aromatic rings. The van der Waals surface area contributed by atoms with E-state index in [2.05, 4.69) is 24.3 Å². The molecule has 1 aromatic heterocycles. The van der Waals surface area contributed by atoms with E-state index in [1.807, 2.05) is 13.8 Å². The maximum Gasteiger partial charge on any atom is 0.241 e. The Hall–Kier alpha value is -1.52. The monoisotopic (exact) mass is 238 g/mol. The lowest BCUT2D eigenvalue weighted by Gasteiger charge is -2.10. The molecule has 0 spiro atoms. The van der Waals surface area contributed by atoms with E-state index < -0.39 is 0 Å². The molecule has 0 saturated carbocycles. The minimum absolute atomic E-state index is 0.0177. The summed E-state index contributed by atoms with van der Waals surface area (Å²) in [5, 5.41) is 7.13. The first-order valence-electron chi connectivity index (χ1n) is 6.01. The molecule has 0 bridgehead atoms. The van der Waals surface area contributed by atoms with Crippen LogP contribution in [0.15, 0.2) is 0 Å². The van der Waals surface area contributed by atoms with E-state index in [4.69, 9.17) is 5.73 Å². The Morgan fingerprint density at radius 3 is 2.65 bits per heavy atom. The topological polar surface area (TPSA) is 72.9 Å². The summed E-state index contributed by atoms with van der Waals surface area (Å²) in [6.45, 7) is 8.89. The van der Waals surface area contributed by atoms with E-state index in [1.165, 1.54) is 0 Å². The third kappa shape index (κ3) is 3.47. The molecular formula is C12H22N4O. The van der Waals surface area contributed by atoms with Crippen LogP contribution in [0.2, 0.25) is 0 Å². The zero-order valence-corrected chi connectivity index (χ0v) is 11.1. The molecule has 1 rings (SSSR count). The lowest BCUT2D eigenvalue weighted by molar-refractivity contribution is -0.122. The van der Waals surface area contributed by atoms with Gasteiger partial charge >= 0.3 is 0 Å². The fraction of sp³-hybridized carbons (Fsp3) is 0.667. The Balaban J connectivity index is 2.54. The maximum atomic E-state index is 11.7. The molecule has 0 aliphatic rings. The number of aromatic nitrogens is 2. The van der Waals surface area contributed by atoms with Gasteiger partial charge in [-0.1, -0.05) is 20.3 Å². The Bertz CT molecular complexity index is 397. The van der Waals surface area contributed by atoms with Crippen LogP contribution in [0.4, 0.5) is 5.69 Å². The first-order valence-corrected chi connectivity index (χ1v) is 6.01. The van der Waals surface area contributed by atoms with Crippen molar-refractivity contribution < 1.29 is 4.79 Å². The van der Waals surface area contributed by atoms with Crippen molar-refractivity contribution >= 4 is 11.6 Å². The van der Waals surface area contributed by atoms with Gasteiger partial charge in [0.25, 0.3) is 0 Å². The van der Waals surface area contributed by atoms with Crippen molar-refractivity contribution in [3.63, 3.8) is 0 Å². The van der Waals surface area contributed by atoms with Crippen molar-refractivity contribution in [3.8, 4) is 0 Å². The lowest BCUT2D eigenvalue weighted by Crippen LogP contribution is -2.31. The molecule has 1 heterocycles. The van der Waals surface area contributed by atoms with Gasteiger partial charge in [-0.2, -0.15) is 5.10 Å². The molecule has 3 N–H and O–H groups in total. The summed E-state index contributed by atoms with van der Waals surface area (Å²) in [7, 11) is 0. The number of nitrogens with two attached hydrogens (primary N) is 1. The highest BCUT2D eigenvalue weighted by Crippen LogP contribution is 2.14. The van der Waals surface area contributed by atoms with Crippen LogP contribution in [0.25, 0.3) is 0 Å². The number of nitrogens with zero attached hydrogens (tertiary/aromatic N) is 2. The average molecular weight is 238 g/mol. The molecule has 5 heteroatoms. The summed E-state index contributed by atoms with van der Waals surface area (Å²) >= 11 is 0. The predicted octanol–water partition coefficient (Wildman–Crippen LogP) is 1.24. The Labute approximate surface area is 102 Å². The zero-order valence-electron chi connectivity index (χ0n) is 11.1. The molecule has 1 amide bonds. The number of amides is 1. The number of carbonyl (C=O) groups excluding carboxylic acids is 1. The molecule has 0 aliphatic carbocycles. The Morgan fingerprint density at radius 2 is 2.18 bits per heavy atom. The molecule has 17 heavy (non-hydrogen) atoms. The molecule has 0 radical (unpaired) electrons. The molecule has 0 saturated heterocycles. The highest BCUT2D eigenvalue weighted by molar-refractivity contribution is 5.75. The normalized spacial score (nSPS) is 12.5. The first-order chi connectivity index (χ1) is 7.95. The highest BCUT2D eigenvalue weighted by atomic mass is 16.2. The first kappa shape index (κ1) is 13.5. The number of nitrogens with one attached hydrogen (secondary N) is 1. The smallest absolute Gasteiger partial charge is 0.241 e. The Kier molecular flexibility index (Phi) is 4.54. The van der Waals surface area contributed by atoms with Gasteiger partial charge in [0.15, 0.2) is 0 Å². The van der Waals surface area contributed by atoms with Crippen LogP contribution in [0, 0.1) is 19.8 Å². The van der Waals surface area contributed by atoms with Gasteiger partial charge in [0.05, 0.1) is 17.1 Å². The largest absolute Gasteiger partial charge is 0.396 e. The van der Waals surface area contributed by atoms with Crippen LogP contribution >= 0.6 is 0 Å². The van der Waals surface area contributed by atoms with Gasteiger partial charge < -0.3 is 11.1 Å². The van der Waals surface area contributed by atoms with Gasteiger partial charge in [-0.15, -0.1) is 0 Å². The number of nitrogen functional groups attached to an aromatic ring is 1. The summed E-state index contributed by atoms with van der Waals surface area (Å²) in [4.78, 5) is 11.7. The van der Waals surface area contributed by atoms with Crippen LogP contribution in [-0.2, 0) is 11.3 Å². The van der Waals surface area contributed by atoms with E-state index in [1.54, 1.807) is 4.68 Å². The summed E-state index contributed by atoms with van der Waals surface area (Å²) in [6, 6.07) is 0. The Morgan fingerprint density at radius 1 is 1.53 bits per heavy atom. The minimum atomic E-state index is -0.0177. The van der Waals surface area contributed by atoms with E-state index in [-0.39, 0.29) is 12.5 Å². The summed E-state index contributed by atoms with van der Waals surface area (Å²) in [5.41, 5.74) is 8.10. The molecule has 0 fully saturated rings. The fourth-order valence-corrected chi connectivity index (χ4v) is 1.49. The van der Waals surface area contributed by atoms with Crippen LogP contribution in [-0.4, -0.2) is 22.2 Å². The van der Waals surface area contributed by atoms with Crippen molar-refractivity contribution in [2.24, 2.45) is 5.92 Å². The van der Waals surface area contributed by atoms with Crippen molar-refractivity contribution in [1.82, 2.24) is 15.1 Å². The maximum absolute atomic E-state index is 11.7. The lowest BCUT2D eigenvalue weighted by atomic mass is 10.1. The number of rotatable bonds is 5. The van der Waals surface area contributed by atoms with Crippen molar-refractivity contribution in [3.05, 3.63) is 11.4 Å². The SMILES string of the molecule is CCC(C)CNC(=O)Cn1nc(C)c(N)c1C. The van der Waals surface area contributed by atoms with E-state index in [0.717, 1.165) is 17.8 Å². The molecular weight excluding hydrogens is 216 g/mol. The number of anilines is 1. The van der Waals surface area contributed by atoms with Gasteiger partial charge in [-0.05, 0) is 19.8 Å². The molecule has 0 aromatic carbocycles. The third-order valence-electron chi connectivity index (χ3n) is 3.08. The second kappa shape index (κ2) is 5.70. The predicted molar refractivity (Wildman–Crippen MR) is 68.6 cm³/mol. The van der Waals surface area contributed by atoms with Crippen molar-refractivity contribution in [1.29, 1.82) is 0 Å². The standard InChI is InChI=1S/C12H22N4O/c1-5-8(2)6-14-11(17)7-16-10(4)12(13)9(3)15-16/h8H,5-7,13H2,1-4H3,(H,14,17). The molecule has 96 valence electrons. The second-order valence-corrected chi connectivity index (χ2v) is 4.56. The van der Waals surface area contributed by atoms with E-state index >= 15 is 0 Å². The van der Waals surface area contributed by atoms with Crippen LogP contribution < -0.4 is 11.1 Å². The zero-order chi connectivity index (χ0) is 13.0. The van der Waals surface area contributed by atoms with Gasteiger partial charge in [-0.3, -0.25) is 9.48 Å². The molecule has 5 nitrogen and oxygen atoms in total. The molecule has 1 unspecified atom stereocenters. The highest BCUT2D eigenvalue weighted by Gasteiger charge is 2.11. The van der Waals surface area contributed by atoms with E-state index in [9.17, 15) is 4.79 Å². The number of hydrogen-bond acceptors (Lipinski definition) is 3. The van der Waals surface area contributed by atoms with Gasteiger partial charge in [0, 0.05) is 6.54 Å². The minimum Gasteiger partial charge on any atom is -0.396 e. The second-order valence-electron chi connectivity index (χ2n) is 4.56. The quantitative estimate of drug-likeness (QED) is 0.810. The van der Waals surface area contributed by atoms with Crippen molar-refractivity contribution in [2.45, 2.75) is 40.7 Å². The molecule has 1 atom stereocenters. The van der Waals surface area contributed by atoms with Crippen molar-refractivity contribution in [2.75, 3.05) is 12.3 Å². The fourth-order valence-electron chi connectivity index (χ4n) is 1.49. The van der Waals surface area contributed by atoms with Gasteiger partial charge in [0.1, 0.15) is 6.54 Å².